The average molecular weight is 411 g/mol. The minimum absolute atomic E-state index is 0.328. The molecule has 30 heavy (non-hydrogen) atoms. The summed E-state index contributed by atoms with van der Waals surface area (Å²) in [4.78, 5) is 31.1. The van der Waals surface area contributed by atoms with Crippen LogP contribution in [0.1, 0.15) is 17.3 Å². The second-order valence-electron chi connectivity index (χ2n) is 7.54. The Balaban J connectivity index is 1.48. The molecule has 1 saturated heterocycles. The fraction of sp³-hybridized carbons (Fsp3) is 0.391. The van der Waals surface area contributed by atoms with Crippen molar-refractivity contribution in [1.82, 2.24) is 4.90 Å². The van der Waals surface area contributed by atoms with Gasteiger partial charge in [0.25, 0.3) is 5.91 Å². The zero-order valence-corrected chi connectivity index (χ0v) is 17.9. The van der Waals surface area contributed by atoms with E-state index in [1.165, 1.54) is 0 Å². The van der Waals surface area contributed by atoms with Gasteiger partial charge in [-0.2, -0.15) is 0 Å². The molecule has 0 saturated carbocycles. The van der Waals surface area contributed by atoms with Gasteiger partial charge >= 0.3 is 5.97 Å². The summed E-state index contributed by atoms with van der Waals surface area (Å²) < 4.78 is 5.15. The molecule has 0 unspecified atom stereocenters. The zero-order chi connectivity index (χ0) is 21.5. The smallest absolute Gasteiger partial charge is 0.338 e. The van der Waals surface area contributed by atoms with Crippen molar-refractivity contribution in [2.24, 2.45) is 0 Å². The molecule has 1 aliphatic rings. The minimum atomic E-state index is -0.518. The first kappa shape index (κ1) is 21.6. The minimum Gasteiger partial charge on any atom is -0.452 e. The molecule has 1 amide bonds. The van der Waals surface area contributed by atoms with Gasteiger partial charge in [-0.3, -0.25) is 4.79 Å². The standard InChI is InChI=1S/C23H30N4O3/c1-4-26-12-14-27(15-13-26)20-10-8-19(9-11-20)24-22(28)17-30-23(29)18-6-5-7-21(16-18)25(2)3/h5-11,16H,4,12-15,17H2,1-3H3,(H,24,28). The largest absolute Gasteiger partial charge is 0.452 e. The molecule has 0 aliphatic carbocycles. The van der Waals surface area contributed by atoms with Crippen LogP contribution in [-0.4, -0.2) is 70.2 Å². The van der Waals surface area contributed by atoms with E-state index >= 15 is 0 Å². The number of rotatable bonds is 7. The van der Waals surface area contributed by atoms with Crippen LogP contribution in [0.15, 0.2) is 48.5 Å². The summed E-state index contributed by atoms with van der Waals surface area (Å²) in [6.45, 7) is 7.09. The van der Waals surface area contributed by atoms with E-state index in [0.717, 1.165) is 44.1 Å². The maximum absolute atomic E-state index is 12.2. The topological polar surface area (TPSA) is 65.1 Å². The lowest BCUT2D eigenvalue weighted by atomic mass is 10.2. The number of carbonyl (C=O) groups is 2. The van der Waals surface area contributed by atoms with E-state index in [1.54, 1.807) is 18.2 Å². The van der Waals surface area contributed by atoms with E-state index in [-0.39, 0.29) is 12.5 Å². The van der Waals surface area contributed by atoms with Crippen molar-refractivity contribution in [3.63, 3.8) is 0 Å². The Hall–Kier alpha value is -3.06. The Labute approximate surface area is 178 Å². The van der Waals surface area contributed by atoms with Gasteiger partial charge in [-0.25, -0.2) is 4.79 Å². The molecule has 2 aromatic rings. The molecule has 0 atom stereocenters. The number of carbonyl (C=O) groups excluding carboxylic acids is 2. The average Bonchev–Trinajstić information content (AvgIpc) is 2.78. The van der Waals surface area contributed by atoms with Crippen molar-refractivity contribution in [3.05, 3.63) is 54.1 Å². The number of ether oxygens (including phenoxy) is 1. The van der Waals surface area contributed by atoms with Gasteiger partial charge in [0.05, 0.1) is 5.56 Å². The SMILES string of the molecule is CCN1CCN(c2ccc(NC(=O)COC(=O)c3cccc(N(C)C)c3)cc2)CC1. The van der Waals surface area contributed by atoms with Gasteiger partial charge in [-0.15, -0.1) is 0 Å². The number of hydrogen-bond donors (Lipinski definition) is 1. The Morgan fingerprint density at radius 2 is 1.73 bits per heavy atom. The van der Waals surface area contributed by atoms with Crippen molar-refractivity contribution in [2.75, 3.05) is 68.5 Å². The van der Waals surface area contributed by atoms with Gasteiger partial charge in [-0.05, 0) is 49.0 Å². The molecule has 7 nitrogen and oxygen atoms in total. The predicted octanol–water partition coefficient (Wildman–Crippen LogP) is 2.69. The predicted molar refractivity (Wildman–Crippen MR) is 120 cm³/mol. The Morgan fingerprint density at radius 1 is 1.03 bits per heavy atom. The van der Waals surface area contributed by atoms with Crippen LogP contribution < -0.4 is 15.1 Å². The van der Waals surface area contributed by atoms with Crippen LogP contribution in [0.2, 0.25) is 0 Å². The van der Waals surface area contributed by atoms with Crippen LogP contribution in [0.3, 0.4) is 0 Å². The zero-order valence-electron chi connectivity index (χ0n) is 17.9. The fourth-order valence-electron chi connectivity index (χ4n) is 3.40. The molecular formula is C23H30N4O3. The first-order valence-corrected chi connectivity index (χ1v) is 10.3. The highest BCUT2D eigenvalue weighted by molar-refractivity contribution is 5.96. The number of benzene rings is 2. The third-order valence-corrected chi connectivity index (χ3v) is 5.27. The lowest BCUT2D eigenvalue weighted by Gasteiger charge is -2.35. The third kappa shape index (κ3) is 5.73. The molecule has 0 bridgehead atoms. The lowest BCUT2D eigenvalue weighted by Crippen LogP contribution is -2.46. The Bertz CT molecular complexity index is 859. The third-order valence-electron chi connectivity index (χ3n) is 5.27. The summed E-state index contributed by atoms with van der Waals surface area (Å²) in [7, 11) is 3.79. The molecule has 1 N–H and O–H groups in total. The van der Waals surface area contributed by atoms with Crippen LogP contribution in [-0.2, 0) is 9.53 Å². The highest BCUT2D eigenvalue weighted by Gasteiger charge is 2.16. The van der Waals surface area contributed by atoms with E-state index in [0.29, 0.717) is 11.3 Å². The number of anilines is 3. The number of esters is 1. The highest BCUT2D eigenvalue weighted by Crippen LogP contribution is 2.19. The molecule has 2 aromatic carbocycles. The first-order chi connectivity index (χ1) is 14.5. The number of hydrogen-bond acceptors (Lipinski definition) is 6. The summed E-state index contributed by atoms with van der Waals surface area (Å²) >= 11 is 0. The molecule has 7 heteroatoms. The molecule has 1 fully saturated rings. The number of nitrogens with one attached hydrogen (secondary N) is 1. The molecule has 0 spiro atoms. The summed E-state index contributed by atoms with van der Waals surface area (Å²) in [6.07, 6.45) is 0. The van der Waals surface area contributed by atoms with E-state index in [4.69, 9.17) is 4.74 Å². The first-order valence-electron chi connectivity index (χ1n) is 10.3. The fourth-order valence-corrected chi connectivity index (χ4v) is 3.40. The van der Waals surface area contributed by atoms with Crippen LogP contribution >= 0.6 is 0 Å². The summed E-state index contributed by atoms with van der Waals surface area (Å²) in [5, 5.41) is 2.77. The summed E-state index contributed by atoms with van der Waals surface area (Å²) in [6, 6.07) is 14.9. The van der Waals surface area contributed by atoms with E-state index in [2.05, 4.69) is 22.0 Å². The highest BCUT2D eigenvalue weighted by atomic mass is 16.5. The summed E-state index contributed by atoms with van der Waals surface area (Å²) in [5.74, 6) is -0.883. The second-order valence-corrected chi connectivity index (χ2v) is 7.54. The van der Waals surface area contributed by atoms with Crippen molar-refractivity contribution in [3.8, 4) is 0 Å². The Morgan fingerprint density at radius 3 is 2.37 bits per heavy atom. The van der Waals surface area contributed by atoms with Gasteiger partial charge in [0, 0.05) is 57.3 Å². The number of nitrogens with zero attached hydrogens (tertiary/aromatic N) is 3. The Kier molecular flexibility index (Phi) is 7.30. The quantitative estimate of drug-likeness (QED) is 0.708. The molecular weight excluding hydrogens is 380 g/mol. The lowest BCUT2D eigenvalue weighted by molar-refractivity contribution is -0.119. The van der Waals surface area contributed by atoms with Crippen molar-refractivity contribution < 1.29 is 14.3 Å². The molecule has 0 aromatic heterocycles. The van der Waals surface area contributed by atoms with E-state index in [9.17, 15) is 9.59 Å². The number of piperazine rings is 1. The molecule has 1 aliphatic heterocycles. The molecule has 1 heterocycles. The van der Waals surface area contributed by atoms with Crippen LogP contribution in [0, 0.1) is 0 Å². The molecule has 160 valence electrons. The van der Waals surface area contributed by atoms with Crippen LogP contribution in [0.4, 0.5) is 17.1 Å². The van der Waals surface area contributed by atoms with Crippen LogP contribution in [0.25, 0.3) is 0 Å². The maximum atomic E-state index is 12.2. The molecule has 3 rings (SSSR count). The van der Waals surface area contributed by atoms with Gasteiger partial charge in [-0.1, -0.05) is 13.0 Å². The summed E-state index contributed by atoms with van der Waals surface area (Å²) in [5.41, 5.74) is 3.14. The number of amides is 1. The van der Waals surface area contributed by atoms with Gasteiger partial charge < -0.3 is 24.8 Å². The second kappa shape index (κ2) is 10.1. The van der Waals surface area contributed by atoms with E-state index in [1.807, 2.05) is 49.3 Å². The van der Waals surface area contributed by atoms with Crippen molar-refractivity contribution in [1.29, 1.82) is 0 Å². The van der Waals surface area contributed by atoms with Crippen molar-refractivity contribution >= 4 is 28.9 Å². The van der Waals surface area contributed by atoms with E-state index < -0.39 is 5.97 Å². The van der Waals surface area contributed by atoms with Gasteiger partial charge in [0.15, 0.2) is 6.61 Å². The number of likely N-dealkylation sites (N-methyl/N-ethyl adjacent to an activating group) is 1. The normalized spacial score (nSPS) is 14.3. The van der Waals surface area contributed by atoms with Gasteiger partial charge in [0.2, 0.25) is 0 Å². The van der Waals surface area contributed by atoms with Crippen molar-refractivity contribution in [2.45, 2.75) is 6.92 Å². The maximum Gasteiger partial charge on any atom is 0.338 e. The monoisotopic (exact) mass is 410 g/mol. The van der Waals surface area contributed by atoms with Gasteiger partial charge in [0.1, 0.15) is 0 Å². The van der Waals surface area contributed by atoms with Crippen LogP contribution in [0.5, 0.6) is 0 Å². The molecule has 0 radical (unpaired) electrons.